The zero-order valence-electron chi connectivity index (χ0n) is 12.0. The number of amides is 1. The molecule has 2 aromatic rings. The van der Waals surface area contributed by atoms with E-state index in [9.17, 15) is 9.90 Å². The summed E-state index contributed by atoms with van der Waals surface area (Å²) in [5, 5.41) is 13.4. The minimum absolute atomic E-state index is 0.0143. The third kappa shape index (κ3) is 4.30. The van der Waals surface area contributed by atoms with Crippen LogP contribution in [0.5, 0.6) is 0 Å². The fourth-order valence-electron chi connectivity index (χ4n) is 2.14. The van der Waals surface area contributed by atoms with Crippen molar-refractivity contribution in [3.63, 3.8) is 0 Å². The molecule has 0 aliphatic carbocycles. The van der Waals surface area contributed by atoms with Crippen molar-refractivity contribution in [3.8, 4) is 0 Å². The van der Waals surface area contributed by atoms with Crippen LogP contribution in [0.2, 0.25) is 4.34 Å². The highest BCUT2D eigenvalue weighted by Crippen LogP contribution is 2.28. The monoisotopic (exact) mass is 323 g/mol. The predicted octanol–water partition coefficient (Wildman–Crippen LogP) is 3.88. The van der Waals surface area contributed by atoms with Gasteiger partial charge >= 0.3 is 0 Å². The molecule has 0 fully saturated rings. The van der Waals surface area contributed by atoms with E-state index >= 15 is 0 Å². The lowest BCUT2D eigenvalue weighted by Crippen LogP contribution is -2.33. The molecule has 0 spiro atoms. The van der Waals surface area contributed by atoms with Gasteiger partial charge in [0.05, 0.1) is 22.4 Å². The summed E-state index contributed by atoms with van der Waals surface area (Å²) in [6.45, 7) is 3.55. The van der Waals surface area contributed by atoms with Gasteiger partial charge in [0.15, 0.2) is 0 Å². The van der Waals surface area contributed by atoms with E-state index in [4.69, 9.17) is 11.6 Å². The van der Waals surface area contributed by atoms with Gasteiger partial charge in [0.1, 0.15) is 0 Å². The average molecular weight is 324 g/mol. The van der Waals surface area contributed by atoms with Crippen LogP contribution >= 0.6 is 22.9 Å². The Labute approximate surface area is 133 Å². The van der Waals surface area contributed by atoms with Crippen LogP contribution < -0.4 is 5.32 Å². The molecule has 3 nitrogen and oxygen atoms in total. The van der Waals surface area contributed by atoms with Crippen molar-refractivity contribution in [2.24, 2.45) is 0 Å². The summed E-state index contributed by atoms with van der Waals surface area (Å²) in [4.78, 5) is 13.1. The fraction of sp³-hybridized carbons (Fsp3) is 0.312. The van der Waals surface area contributed by atoms with Gasteiger partial charge in [0.2, 0.25) is 5.91 Å². The van der Waals surface area contributed by atoms with Gasteiger partial charge < -0.3 is 10.4 Å². The van der Waals surface area contributed by atoms with Crippen molar-refractivity contribution in [1.29, 1.82) is 0 Å². The first-order chi connectivity index (χ1) is 9.88. The Bertz CT molecular complexity index is 610. The molecule has 112 valence electrons. The molecule has 2 N–H and O–H groups in total. The average Bonchev–Trinajstić information content (AvgIpc) is 2.86. The maximum Gasteiger partial charge on any atom is 0.223 e. The smallest absolute Gasteiger partial charge is 0.223 e. The van der Waals surface area contributed by atoms with Crippen molar-refractivity contribution in [2.75, 3.05) is 0 Å². The summed E-state index contributed by atoms with van der Waals surface area (Å²) in [7, 11) is 0. The third-order valence-corrected chi connectivity index (χ3v) is 4.71. The van der Waals surface area contributed by atoms with Gasteiger partial charge in [0.25, 0.3) is 0 Å². The maximum atomic E-state index is 12.1. The van der Waals surface area contributed by atoms with E-state index in [1.54, 1.807) is 6.92 Å². The van der Waals surface area contributed by atoms with Gasteiger partial charge in [0, 0.05) is 4.88 Å². The van der Waals surface area contributed by atoms with Crippen molar-refractivity contribution < 1.29 is 9.90 Å². The molecule has 0 saturated carbocycles. The van der Waals surface area contributed by atoms with Crippen LogP contribution in [0.3, 0.4) is 0 Å². The van der Waals surface area contributed by atoms with Gasteiger partial charge in [-0.1, -0.05) is 41.9 Å². The van der Waals surface area contributed by atoms with Gasteiger partial charge in [-0.2, -0.15) is 0 Å². The lowest BCUT2D eigenvalue weighted by Gasteiger charge is -2.24. The number of carbonyl (C=O) groups excluding carboxylic acids is 1. The van der Waals surface area contributed by atoms with E-state index in [1.165, 1.54) is 11.3 Å². The Morgan fingerprint density at radius 3 is 2.57 bits per heavy atom. The van der Waals surface area contributed by atoms with Gasteiger partial charge in [-0.15, -0.1) is 11.3 Å². The molecule has 0 aliphatic rings. The molecule has 1 amide bonds. The van der Waals surface area contributed by atoms with Gasteiger partial charge in [-0.25, -0.2) is 0 Å². The summed E-state index contributed by atoms with van der Waals surface area (Å²) in [5.74, 6) is -0.194. The molecule has 1 aromatic carbocycles. The molecular weight excluding hydrogens is 306 g/mol. The maximum absolute atomic E-state index is 12.1. The topological polar surface area (TPSA) is 49.3 Å². The Kier molecular flexibility index (Phi) is 5.04. The first kappa shape index (κ1) is 16.0. The number of thiophene rings is 1. The number of aliphatic hydroxyl groups is 1. The van der Waals surface area contributed by atoms with Crippen LogP contribution in [0.25, 0.3) is 0 Å². The van der Waals surface area contributed by atoms with Crippen molar-refractivity contribution in [3.05, 3.63) is 57.2 Å². The number of nitrogens with one attached hydrogen (secondary N) is 1. The first-order valence-electron chi connectivity index (χ1n) is 6.71. The van der Waals surface area contributed by atoms with E-state index < -0.39 is 5.60 Å². The SMILES string of the molecule is CC(NC(=O)CC(C)(O)c1ccccc1)c1ccc(Cl)s1. The number of hydrogen-bond donors (Lipinski definition) is 2. The molecule has 0 aliphatic heterocycles. The highest BCUT2D eigenvalue weighted by Gasteiger charge is 2.27. The molecule has 0 bridgehead atoms. The molecule has 1 heterocycles. The van der Waals surface area contributed by atoms with E-state index in [1.807, 2.05) is 49.4 Å². The molecule has 21 heavy (non-hydrogen) atoms. The molecule has 0 saturated heterocycles. The second-order valence-electron chi connectivity index (χ2n) is 5.25. The number of rotatable bonds is 5. The lowest BCUT2D eigenvalue weighted by molar-refractivity contribution is -0.126. The van der Waals surface area contributed by atoms with Crippen molar-refractivity contribution in [1.82, 2.24) is 5.32 Å². The Balaban J connectivity index is 1.98. The summed E-state index contributed by atoms with van der Waals surface area (Å²) < 4.78 is 0.697. The standard InChI is InChI=1S/C16H18ClNO2S/c1-11(13-8-9-14(17)21-13)18-15(19)10-16(2,20)12-6-4-3-5-7-12/h3-9,11,20H,10H2,1-2H3,(H,18,19). The second-order valence-corrected chi connectivity index (χ2v) is 6.99. The quantitative estimate of drug-likeness (QED) is 0.877. The number of hydrogen-bond acceptors (Lipinski definition) is 3. The fourth-order valence-corrected chi connectivity index (χ4v) is 3.20. The van der Waals surface area contributed by atoms with E-state index in [2.05, 4.69) is 5.32 Å². The number of benzene rings is 1. The zero-order chi connectivity index (χ0) is 15.5. The molecule has 5 heteroatoms. The van der Waals surface area contributed by atoms with Gasteiger partial charge in [-0.05, 0) is 31.5 Å². The first-order valence-corrected chi connectivity index (χ1v) is 7.90. The molecule has 2 unspecified atom stereocenters. The summed E-state index contributed by atoms with van der Waals surface area (Å²) >= 11 is 7.33. The Morgan fingerprint density at radius 1 is 1.33 bits per heavy atom. The summed E-state index contributed by atoms with van der Waals surface area (Å²) in [6, 6.07) is 12.8. The van der Waals surface area contributed by atoms with Crippen LogP contribution in [0.15, 0.2) is 42.5 Å². The van der Waals surface area contributed by atoms with Gasteiger partial charge in [-0.3, -0.25) is 4.79 Å². The highest BCUT2D eigenvalue weighted by atomic mass is 35.5. The second kappa shape index (κ2) is 6.60. The largest absolute Gasteiger partial charge is 0.385 e. The van der Waals surface area contributed by atoms with E-state index in [0.717, 1.165) is 10.4 Å². The molecule has 2 rings (SSSR count). The summed E-state index contributed by atoms with van der Waals surface area (Å²) in [6.07, 6.45) is 0.0143. The predicted molar refractivity (Wildman–Crippen MR) is 86.5 cm³/mol. The Hall–Kier alpha value is -1.36. The Morgan fingerprint density at radius 2 is 2.00 bits per heavy atom. The number of halogens is 1. The molecule has 0 radical (unpaired) electrons. The zero-order valence-corrected chi connectivity index (χ0v) is 13.5. The normalized spacial score (nSPS) is 15.2. The van der Waals surface area contributed by atoms with E-state index in [-0.39, 0.29) is 18.4 Å². The van der Waals surface area contributed by atoms with Crippen LogP contribution in [0.4, 0.5) is 0 Å². The van der Waals surface area contributed by atoms with Crippen LogP contribution in [-0.4, -0.2) is 11.0 Å². The molecule has 1 aromatic heterocycles. The van der Waals surface area contributed by atoms with Crippen molar-refractivity contribution in [2.45, 2.75) is 31.9 Å². The van der Waals surface area contributed by atoms with Crippen LogP contribution in [0, 0.1) is 0 Å². The minimum Gasteiger partial charge on any atom is -0.385 e. The molecular formula is C16H18ClNO2S. The third-order valence-electron chi connectivity index (χ3n) is 3.30. The van der Waals surface area contributed by atoms with E-state index in [0.29, 0.717) is 4.34 Å². The van der Waals surface area contributed by atoms with Crippen molar-refractivity contribution >= 4 is 28.8 Å². The van der Waals surface area contributed by atoms with Crippen LogP contribution in [-0.2, 0) is 10.4 Å². The van der Waals surface area contributed by atoms with Crippen LogP contribution in [0.1, 0.15) is 36.8 Å². The summed E-state index contributed by atoms with van der Waals surface area (Å²) in [5.41, 5.74) is -0.454. The number of carbonyl (C=O) groups is 1. The highest BCUT2D eigenvalue weighted by molar-refractivity contribution is 7.16. The lowest BCUT2D eigenvalue weighted by atomic mass is 9.92. The molecule has 2 atom stereocenters. The minimum atomic E-state index is -1.18.